The van der Waals surface area contributed by atoms with Gasteiger partial charge in [0.05, 0.1) is 5.97 Å². The van der Waals surface area contributed by atoms with Gasteiger partial charge in [-0.05, 0) is 18.1 Å². The minimum Gasteiger partial charge on any atom is -0.545 e. The Kier molecular flexibility index (Phi) is 4.31. The van der Waals surface area contributed by atoms with Crippen LogP contribution in [-0.4, -0.2) is 5.97 Å². The lowest BCUT2D eigenvalue weighted by atomic mass is 10.1. The fourth-order valence-electron chi connectivity index (χ4n) is 2.01. The van der Waals surface area contributed by atoms with Crippen LogP contribution in [0.3, 0.4) is 0 Å². The van der Waals surface area contributed by atoms with Crippen molar-refractivity contribution in [3.05, 3.63) is 70.8 Å². The van der Waals surface area contributed by atoms with E-state index < -0.39 is 5.97 Å². The molecule has 0 unspecified atom stereocenters. The van der Waals surface area contributed by atoms with Crippen molar-refractivity contribution in [1.29, 1.82) is 0 Å². The van der Waals surface area contributed by atoms with Crippen molar-refractivity contribution < 1.29 is 15.2 Å². The van der Waals surface area contributed by atoms with Crippen molar-refractivity contribution in [1.82, 2.24) is 0 Å². The van der Waals surface area contributed by atoms with Crippen LogP contribution in [0.15, 0.2) is 48.5 Å². The van der Waals surface area contributed by atoms with Crippen LogP contribution in [0.25, 0.3) is 0 Å². The molecule has 2 rings (SSSR count). The first-order valence-electron chi connectivity index (χ1n) is 6.33. The molecule has 0 amide bonds. The Bertz CT molecular complexity index is 561. The fraction of sp³-hybridized carbons (Fsp3) is 0.188. The maximum Gasteiger partial charge on any atom is 0.102 e. The number of benzene rings is 2. The first kappa shape index (κ1) is 13.3. The predicted molar refractivity (Wildman–Crippen MR) is 71.3 cm³/mol. The molecular formula is C16H17NO2. The molecule has 0 saturated carbocycles. The number of aryl methyl sites for hydroxylation is 1. The molecule has 0 atom stereocenters. The third-order valence-electron chi connectivity index (χ3n) is 3.20. The highest BCUT2D eigenvalue weighted by Crippen LogP contribution is 2.05. The summed E-state index contributed by atoms with van der Waals surface area (Å²) in [4.78, 5) is 10.6. The smallest absolute Gasteiger partial charge is 0.102 e. The normalized spacial score (nSPS) is 10.4. The van der Waals surface area contributed by atoms with Crippen LogP contribution >= 0.6 is 0 Å². The zero-order valence-electron chi connectivity index (χ0n) is 10.9. The summed E-state index contributed by atoms with van der Waals surface area (Å²) in [6.45, 7) is 3.87. The Morgan fingerprint density at radius 1 is 1.05 bits per heavy atom. The van der Waals surface area contributed by atoms with Gasteiger partial charge in [-0.15, -0.1) is 0 Å². The fourth-order valence-corrected chi connectivity index (χ4v) is 2.01. The van der Waals surface area contributed by atoms with Crippen LogP contribution in [0.4, 0.5) is 0 Å². The van der Waals surface area contributed by atoms with E-state index in [-0.39, 0.29) is 5.56 Å². The second-order valence-corrected chi connectivity index (χ2v) is 4.61. The van der Waals surface area contributed by atoms with Crippen LogP contribution < -0.4 is 10.4 Å². The first-order chi connectivity index (χ1) is 9.16. The SMILES string of the molecule is Cc1ccccc1C[NH2+]Cc1ccc(C(=O)[O-])cc1. The van der Waals surface area contributed by atoms with Crippen molar-refractivity contribution >= 4 is 5.97 Å². The van der Waals surface area contributed by atoms with E-state index in [1.165, 1.54) is 11.1 Å². The molecule has 3 nitrogen and oxygen atoms in total. The standard InChI is InChI=1S/C16H17NO2/c1-12-4-2-3-5-15(12)11-17-10-13-6-8-14(9-7-13)16(18)19/h2-9,17H,10-11H2,1H3,(H,18,19). The highest BCUT2D eigenvalue weighted by Gasteiger charge is 2.00. The molecule has 0 aromatic heterocycles. The molecule has 0 fully saturated rings. The second-order valence-electron chi connectivity index (χ2n) is 4.61. The van der Waals surface area contributed by atoms with Gasteiger partial charge < -0.3 is 15.2 Å². The number of carboxylic acid groups (broad SMARTS) is 1. The summed E-state index contributed by atoms with van der Waals surface area (Å²) in [6.07, 6.45) is 0. The molecule has 0 aliphatic rings. The van der Waals surface area contributed by atoms with Crippen LogP contribution in [0.1, 0.15) is 27.0 Å². The van der Waals surface area contributed by atoms with E-state index in [4.69, 9.17) is 0 Å². The summed E-state index contributed by atoms with van der Waals surface area (Å²) >= 11 is 0. The van der Waals surface area contributed by atoms with Crippen LogP contribution in [0.2, 0.25) is 0 Å². The minimum absolute atomic E-state index is 0.225. The van der Waals surface area contributed by atoms with Crippen molar-refractivity contribution in [3.63, 3.8) is 0 Å². The molecule has 0 aliphatic carbocycles. The molecule has 0 spiro atoms. The van der Waals surface area contributed by atoms with Crippen molar-refractivity contribution in [2.45, 2.75) is 20.0 Å². The maximum atomic E-state index is 10.6. The third-order valence-corrected chi connectivity index (χ3v) is 3.20. The van der Waals surface area contributed by atoms with Crippen molar-refractivity contribution in [3.8, 4) is 0 Å². The van der Waals surface area contributed by atoms with E-state index in [0.717, 1.165) is 18.7 Å². The molecule has 0 radical (unpaired) electrons. The number of carboxylic acids is 1. The topological polar surface area (TPSA) is 56.7 Å². The quantitative estimate of drug-likeness (QED) is 0.851. The van der Waals surface area contributed by atoms with Gasteiger partial charge in [0.15, 0.2) is 0 Å². The highest BCUT2D eigenvalue weighted by molar-refractivity contribution is 5.85. The van der Waals surface area contributed by atoms with Gasteiger partial charge in [-0.25, -0.2) is 0 Å². The average molecular weight is 255 g/mol. The van der Waals surface area contributed by atoms with Gasteiger partial charge in [0, 0.05) is 11.1 Å². The maximum absolute atomic E-state index is 10.6. The number of carbonyl (C=O) groups excluding carboxylic acids is 1. The van der Waals surface area contributed by atoms with Crippen LogP contribution in [-0.2, 0) is 13.1 Å². The lowest BCUT2D eigenvalue weighted by molar-refractivity contribution is -0.686. The van der Waals surface area contributed by atoms with Gasteiger partial charge in [0.2, 0.25) is 0 Å². The number of hydrogen-bond acceptors (Lipinski definition) is 2. The minimum atomic E-state index is -1.13. The van der Waals surface area contributed by atoms with Crippen molar-refractivity contribution in [2.75, 3.05) is 0 Å². The van der Waals surface area contributed by atoms with E-state index in [2.05, 4.69) is 24.4 Å². The van der Waals surface area contributed by atoms with E-state index >= 15 is 0 Å². The Morgan fingerprint density at radius 2 is 1.74 bits per heavy atom. The van der Waals surface area contributed by atoms with Gasteiger partial charge in [0.1, 0.15) is 13.1 Å². The lowest BCUT2D eigenvalue weighted by Crippen LogP contribution is -2.80. The molecular weight excluding hydrogens is 238 g/mol. The Hall–Kier alpha value is -2.13. The number of aromatic carboxylic acids is 1. The summed E-state index contributed by atoms with van der Waals surface area (Å²) in [5.74, 6) is -1.13. The number of rotatable bonds is 5. The summed E-state index contributed by atoms with van der Waals surface area (Å²) < 4.78 is 0. The van der Waals surface area contributed by atoms with Gasteiger partial charge in [-0.2, -0.15) is 0 Å². The molecule has 2 N–H and O–H groups in total. The molecule has 98 valence electrons. The van der Waals surface area contributed by atoms with E-state index in [1.807, 2.05) is 24.3 Å². The zero-order chi connectivity index (χ0) is 13.7. The lowest BCUT2D eigenvalue weighted by Gasteiger charge is -2.06. The first-order valence-corrected chi connectivity index (χ1v) is 6.33. The molecule has 0 saturated heterocycles. The molecule has 0 bridgehead atoms. The van der Waals surface area contributed by atoms with Gasteiger partial charge >= 0.3 is 0 Å². The molecule has 2 aromatic carbocycles. The monoisotopic (exact) mass is 255 g/mol. The van der Waals surface area contributed by atoms with Gasteiger partial charge in [-0.1, -0.05) is 48.5 Å². The summed E-state index contributed by atoms with van der Waals surface area (Å²) in [5, 5.41) is 12.8. The van der Waals surface area contributed by atoms with Crippen molar-refractivity contribution in [2.24, 2.45) is 0 Å². The third kappa shape index (κ3) is 3.66. The Balaban J connectivity index is 1.89. The Labute approximate surface area is 112 Å². The molecule has 0 aliphatic heterocycles. The average Bonchev–Trinajstić information content (AvgIpc) is 2.41. The number of carbonyl (C=O) groups is 1. The molecule has 0 heterocycles. The molecule has 3 heteroatoms. The van der Waals surface area contributed by atoms with Crippen LogP contribution in [0.5, 0.6) is 0 Å². The largest absolute Gasteiger partial charge is 0.545 e. The van der Waals surface area contributed by atoms with E-state index in [1.54, 1.807) is 12.1 Å². The summed E-state index contributed by atoms with van der Waals surface area (Å²) in [7, 11) is 0. The summed E-state index contributed by atoms with van der Waals surface area (Å²) in [5.41, 5.74) is 3.96. The van der Waals surface area contributed by atoms with E-state index in [0.29, 0.717) is 0 Å². The summed E-state index contributed by atoms with van der Waals surface area (Å²) in [6, 6.07) is 15.2. The van der Waals surface area contributed by atoms with E-state index in [9.17, 15) is 9.90 Å². The second kappa shape index (κ2) is 6.16. The van der Waals surface area contributed by atoms with Gasteiger partial charge in [-0.3, -0.25) is 0 Å². The number of quaternary nitrogens is 1. The predicted octanol–water partition coefficient (Wildman–Crippen LogP) is 0.622. The highest BCUT2D eigenvalue weighted by atomic mass is 16.4. The van der Waals surface area contributed by atoms with Gasteiger partial charge in [0.25, 0.3) is 0 Å². The Morgan fingerprint density at radius 3 is 2.37 bits per heavy atom. The molecule has 2 aromatic rings. The number of nitrogens with two attached hydrogens (primary N) is 1. The zero-order valence-corrected chi connectivity index (χ0v) is 10.9. The number of hydrogen-bond donors (Lipinski definition) is 1. The molecule has 19 heavy (non-hydrogen) atoms. The van der Waals surface area contributed by atoms with Crippen LogP contribution in [0, 0.1) is 6.92 Å².